The SMILES string of the molecule is CCC#CCOCC#CCCCC=O. The fraction of sp³-hybridized carbons (Fsp3) is 0.583. The number of rotatable bonds is 5. The van der Waals surface area contributed by atoms with Gasteiger partial charge in [0.05, 0.1) is 0 Å². The van der Waals surface area contributed by atoms with Gasteiger partial charge in [-0.1, -0.05) is 18.8 Å². The van der Waals surface area contributed by atoms with E-state index in [1.54, 1.807) is 0 Å². The number of carbonyl (C=O) groups is 1. The molecule has 0 aromatic heterocycles. The molecule has 0 radical (unpaired) electrons. The van der Waals surface area contributed by atoms with Gasteiger partial charge in [-0.3, -0.25) is 0 Å². The molecule has 0 aliphatic carbocycles. The zero-order valence-electron chi connectivity index (χ0n) is 8.64. The first-order valence-corrected chi connectivity index (χ1v) is 4.84. The molecule has 0 fully saturated rings. The molecule has 0 rings (SSSR count). The van der Waals surface area contributed by atoms with Crippen LogP contribution in [0.15, 0.2) is 0 Å². The second-order valence-corrected chi connectivity index (χ2v) is 2.61. The molecule has 14 heavy (non-hydrogen) atoms. The molecule has 76 valence electrons. The van der Waals surface area contributed by atoms with Gasteiger partial charge in [0.15, 0.2) is 0 Å². The Kier molecular flexibility index (Phi) is 10.7. The van der Waals surface area contributed by atoms with Crippen molar-refractivity contribution in [3.8, 4) is 23.7 Å². The summed E-state index contributed by atoms with van der Waals surface area (Å²) in [6, 6.07) is 0. The zero-order valence-corrected chi connectivity index (χ0v) is 8.64. The third-order valence-electron chi connectivity index (χ3n) is 1.40. The van der Waals surface area contributed by atoms with E-state index in [0.29, 0.717) is 19.6 Å². The summed E-state index contributed by atoms with van der Waals surface area (Å²) in [7, 11) is 0. The maximum atomic E-state index is 9.95. The molecule has 0 bridgehead atoms. The Morgan fingerprint density at radius 1 is 1.14 bits per heavy atom. The number of hydrogen-bond donors (Lipinski definition) is 0. The highest BCUT2D eigenvalue weighted by Crippen LogP contribution is 1.88. The molecule has 0 aromatic rings. The van der Waals surface area contributed by atoms with Gasteiger partial charge in [-0.05, 0) is 6.42 Å². The van der Waals surface area contributed by atoms with Crippen LogP contribution >= 0.6 is 0 Å². The first kappa shape index (κ1) is 12.8. The van der Waals surface area contributed by atoms with Crippen molar-refractivity contribution in [1.82, 2.24) is 0 Å². The quantitative estimate of drug-likeness (QED) is 0.377. The fourth-order valence-electron chi connectivity index (χ4n) is 0.742. The summed E-state index contributed by atoms with van der Waals surface area (Å²) in [4.78, 5) is 9.95. The van der Waals surface area contributed by atoms with Crippen LogP contribution in [0.3, 0.4) is 0 Å². The molecule has 0 atom stereocenters. The molecule has 0 N–H and O–H groups in total. The Balaban J connectivity index is 3.21. The van der Waals surface area contributed by atoms with Crippen LogP contribution in [-0.4, -0.2) is 19.5 Å². The topological polar surface area (TPSA) is 26.3 Å². The summed E-state index contributed by atoms with van der Waals surface area (Å²) in [5.41, 5.74) is 0. The average molecular weight is 192 g/mol. The molecular formula is C12H16O2. The Hall–Kier alpha value is -1.25. The lowest BCUT2D eigenvalue weighted by Crippen LogP contribution is -1.91. The van der Waals surface area contributed by atoms with Crippen molar-refractivity contribution in [2.75, 3.05) is 13.2 Å². The van der Waals surface area contributed by atoms with Crippen LogP contribution in [0, 0.1) is 23.7 Å². The van der Waals surface area contributed by atoms with Gasteiger partial charge in [-0.15, -0.1) is 11.8 Å². The van der Waals surface area contributed by atoms with Gasteiger partial charge in [0, 0.05) is 19.3 Å². The monoisotopic (exact) mass is 192 g/mol. The first-order chi connectivity index (χ1) is 6.91. The second kappa shape index (κ2) is 11.8. The van der Waals surface area contributed by atoms with Crippen molar-refractivity contribution in [1.29, 1.82) is 0 Å². The van der Waals surface area contributed by atoms with E-state index >= 15 is 0 Å². The molecule has 2 heteroatoms. The molecule has 0 saturated heterocycles. The first-order valence-electron chi connectivity index (χ1n) is 4.84. The smallest absolute Gasteiger partial charge is 0.120 e. The van der Waals surface area contributed by atoms with Gasteiger partial charge in [-0.2, -0.15) is 0 Å². The van der Waals surface area contributed by atoms with Gasteiger partial charge in [0.1, 0.15) is 19.5 Å². The maximum absolute atomic E-state index is 9.95. The van der Waals surface area contributed by atoms with Gasteiger partial charge >= 0.3 is 0 Å². The molecule has 0 aromatic carbocycles. The van der Waals surface area contributed by atoms with E-state index in [1.165, 1.54) is 0 Å². The number of carbonyl (C=O) groups excluding carboxylic acids is 1. The highest BCUT2D eigenvalue weighted by molar-refractivity contribution is 5.49. The summed E-state index contributed by atoms with van der Waals surface area (Å²) in [5.74, 6) is 11.6. The average Bonchev–Trinajstić information content (AvgIpc) is 2.21. The molecule has 0 saturated carbocycles. The molecule has 0 spiro atoms. The van der Waals surface area contributed by atoms with E-state index in [1.807, 2.05) is 6.92 Å². The van der Waals surface area contributed by atoms with Crippen LogP contribution in [0.2, 0.25) is 0 Å². The number of aldehydes is 1. The lowest BCUT2D eigenvalue weighted by Gasteiger charge is -1.89. The lowest BCUT2D eigenvalue weighted by atomic mass is 10.2. The predicted octanol–water partition coefficient (Wildman–Crippen LogP) is 1.79. The molecule has 0 unspecified atom stereocenters. The maximum Gasteiger partial charge on any atom is 0.120 e. The number of ether oxygens (including phenoxy) is 1. The Morgan fingerprint density at radius 3 is 2.50 bits per heavy atom. The summed E-state index contributed by atoms with van der Waals surface area (Å²) in [5, 5.41) is 0. The highest BCUT2D eigenvalue weighted by atomic mass is 16.5. The van der Waals surface area contributed by atoms with Crippen LogP contribution in [-0.2, 0) is 9.53 Å². The van der Waals surface area contributed by atoms with E-state index in [0.717, 1.165) is 25.5 Å². The minimum Gasteiger partial charge on any atom is -0.356 e. The van der Waals surface area contributed by atoms with Crippen molar-refractivity contribution in [2.24, 2.45) is 0 Å². The molecule has 0 amide bonds. The fourth-order valence-corrected chi connectivity index (χ4v) is 0.742. The lowest BCUT2D eigenvalue weighted by molar-refractivity contribution is -0.107. The van der Waals surface area contributed by atoms with Crippen LogP contribution in [0.5, 0.6) is 0 Å². The van der Waals surface area contributed by atoms with E-state index < -0.39 is 0 Å². The highest BCUT2D eigenvalue weighted by Gasteiger charge is 1.80. The Morgan fingerprint density at radius 2 is 1.86 bits per heavy atom. The van der Waals surface area contributed by atoms with Crippen LogP contribution < -0.4 is 0 Å². The zero-order chi connectivity index (χ0) is 10.5. The summed E-state index contributed by atoms with van der Waals surface area (Å²) in [6.07, 6.45) is 3.98. The minimum atomic E-state index is 0.430. The molecule has 0 heterocycles. The van der Waals surface area contributed by atoms with Gasteiger partial charge < -0.3 is 9.53 Å². The van der Waals surface area contributed by atoms with Crippen molar-refractivity contribution in [3.05, 3.63) is 0 Å². The van der Waals surface area contributed by atoms with Gasteiger partial charge in [0.2, 0.25) is 0 Å². The van der Waals surface area contributed by atoms with E-state index in [-0.39, 0.29) is 0 Å². The van der Waals surface area contributed by atoms with Crippen LogP contribution in [0.25, 0.3) is 0 Å². The molecule has 2 nitrogen and oxygen atoms in total. The largest absolute Gasteiger partial charge is 0.356 e. The number of unbranched alkanes of at least 4 members (excludes halogenated alkanes) is 2. The second-order valence-electron chi connectivity index (χ2n) is 2.61. The van der Waals surface area contributed by atoms with Crippen LogP contribution in [0.1, 0.15) is 32.6 Å². The van der Waals surface area contributed by atoms with E-state index in [9.17, 15) is 4.79 Å². The third-order valence-corrected chi connectivity index (χ3v) is 1.40. The van der Waals surface area contributed by atoms with Crippen molar-refractivity contribution < 1.29 is 9.53 Å². The molecule has 0 aliphatic rings. The van der Waals surface area contributed by atoms with E-state index in [2.05, 4.69) is 23.7 Å². The van der Waals surface area contributed by atoms with Crippen molar-refractivity contribution >= 4 is 6.29 Å². The predicted molar refractivity (Wildman–Crippen MR) is 56.6 cm³/mol. The summed E-state index contributed by atoms with van der Waals surface area (Å²) in [6.45, 7) is 2.89. The Bertz CT molecular complexity index is 247. The van der Waals surface area contributed by atoms with E-state index in [4.69, 9.17) is 4.74 Å². The normalized spacial score (nSPS) is 8.07. The Labute approximate surface area is 86.0 Å². The van der Waals surface area contributed by atoms with Crippen LogP contribution in [0.4, 0.5) is 0 Å². The summed E-state index contributed by atoms with van der Waals surface area (Å²) < 4.78 is 5.13. The van der Waals surface area contributed by atoms with Gasteiger partial charge in [-0.25, -0.2) is 0 Å². The third kappa shape index (κ3) is 10.8. The van der Waals surface area contributed by atoms with Gasteiger partial charge in [0.25, 0.3) is 0 Å². The van der Waals surface area contributed by atoms with Crippen molar-refractivity contribution in [2.45, 2.75) is 32.6 Å². The number of hydrogen-bond acceptors (Lipinski definition) is 2. The van der Waals surface area contributed by atoms with Crippen molar-refractivity contribution in [3.63, 3.8) is 0 Å². The standard InChI is InChI=1S/C12H16O2/c1-2-3-8-11-14-12-9-6-4-5-7-10-13/h10H,2,4-5,7,11-12H2,1H3. The molecular weight excluding hydrogens is 176 g/mol. The summed E-state index contributed by atoms with van der Waals surface area (Å²) >= 11 is 0. The molecule has 0 aliphatic heterocycles. The minimum absolute atomic E-state index is 0.430.